The van der Waals surface area contributed by atoms with E-state index in [1.54, 1.807) is 19.9 Å². The largest absolute Gasteiger partial charge is 0.490 e. The number of nitrogens with zero attached hydrogens (tertiary/aromatic N) is 3. The van der Waals surface area contributed by atoms with Gasteiger partial charge in [-0.3, -0.25) is 15.0 Å². The zero-order valence-corrected chi connectivity index (χ0v) is 13.4. The molecule has 22 heavy (non-hydrogen) atoms. The van der Waals surface area contributed by atoms with Gasteiger partial charge < -0.3 is 14.7 Å². The van der Waals surface area contributed by atoms with Crippen LogP contribution in [0.5, 0.6) is 5.75 Å². The van der Waals surface area contributed by atoms with Gasteiger partial charge in [0.25, 0.3) is 0 Å². The topological polar surface area (TPSA) is 79.1 Å². The molecule has 1 aromatic carbocycles. The molecule has 1 aromatic rings. The smallest absolute Gasteiger partial charge is 0.312 e. The zero-order chi connectivity index (χ0) is 16.5. The molecule has 0 radical (unpaired) electrons. The fourth-order valence-electron chi connectivity index (χ4n) is 2.89. The van der Waals surface area contributed by atoms with E-state index < -0.39 is 10.5 Å². The lowest BCUT2D eigenvalue weighted by Gasteiger charge is -2.45. The van der Waals surface area contributed by atoms with Crippen molar-refractivity contribution in [2.24, 2.45) is 0 Å². The highest BCUT2D eigenvalue weighted by Crippen LogP contribution is 2.32. The van der Waals surface area contributed by atoms with Gasteiger partial charge in [0.2, 0.25) is 0 Å². The molecule has 0 amide bonds. The lowest BCUT2D eigenvalue weighted by Crippen LogP contribution is -2.59. The van der Waals surface area contributed by atoms with Gasteiger partial charge in [-0.05, 0) is 33.0 Å². The molecule has 122 valence electrons. The van der Waals surface area contributed by atoms with E-state index in [2.05, 4.69) is 9.80 Å². The third kappa shape index (κ3) is 3.31. The lowest BCUT2D eigenvalue weighted by molar-refractivity contribution is -0.385. The zero-order valence-electron chi connectivity index (χ0n) is 13.4. The first-order valence-corrected chi connectivity index (χ1v) is 7.24. The van der Waals surface area contributed by atoms with Crippen LogP contribution in [-0.4, -0.2) is 60.4 Å². The van der Waals surface area contributed by atoms with Crippen LogP contribution in [0.2, 0.25) is 0 Å². The molecule has 0 aromatic heterocycles. The number of nitro groups is 1. The van der Waals surface area contributed by atoms with Crippen LogP contribution in [0, 0.1) is 10.1 Å². The Bertz CT molecular complexity index is 556. The van der Waals surface area contributed by atoms with E-state index in [1.165, 1.54) is 13.2 Å². The summed E-state index contributed by atoms with van der Waals surface area (Å²) in [5.74, 6) is 0.252. The van der Waals surface area contributed by atoms with Crippen LogP contribution < -0.4 is 9.64 Å². The molecule has 0 spiro atoms. The summed E-state index contributed by atoms with van der Waals surface area (Å²) in [5, 5.41) is 21.5. The monoisotopic (exact) mass is 309 g/mol. The first kappa shape index (κ1) is 16.5. The molecule has 1 N–H and O–H groups in total. The highest BCUT2D eigenvalue weighted by Gasteiger charge is 2.35. The highest BCUT2D eigenvalue weighted by molar-refractivity contribution is 5.60. The Labute approximate surface area is 130 Å². The Morgan fingerprint density at radius 1 is 1.41 bits per heavy atom. The standard InChI is InChI=1S/C15H23N3O4/c1-15(2,19)14-10-17(8-7-16(14)3)11-5-6-13(22-4)12(9-11)18(20)21/h5-6,9,14,19H,7-8,10H2,1-4H3. The maximum absolute atomic E-state index is 11.2. The highest BCUT2D eigenvalue weighted by atomic mass is 16.6. The van der Waals surface area contributed by atoms with Crippen LogP contribution in [0.1, 0.15) is 13.8 Å². The predicted octanol–water partition coefficient (Wildman–Crippen LogP) is 1.49. The Morgan fingerprint density at radius 2 is 2.09 bits per heavy atom. The molecule has 1 saturated heterocycles. The molecule has 0 bridgehead atoms. The van der Waals surface area contributed by atoms with Crippen LogP contribution in [0.3, 0.4) is 0 Å². The number of hydrogen-bond donors (Lipinski definition) is 1. The van der Waals surface area contributed by atoms with Crippen molar-refractivity contribution >= 4 is 11.4 Å². The van der Waals surface area contributed by atoms with Crippen molar-refractivity contribution in [2.75, 3.05) is 38.7 Å². The van der Waals surface area contributed by atoms with E-state index in [0.717, 1.165) is 18.8 Å². The summed E-state index contributed by atoms with van der Waals surface area (Å²) < 4.78 is 5.03. The average Bonchev–Trinajstić information content (AvgIpc) is 2.45. The number of likely N-dealkylation sites (N-methyl/N-ethyl adjacent to an activating group) is 1. The maximum Gasteiger partial charge on any atom is 0.312 e. The van der Waals surface area contributed by atoms with Crippen molar-refractivity contribution in [3.63, 3.8) is 0 Å². The van der Waals surface area contributed by atoms with Crippen LogP contribution in [-0.2, 0) is 0 Å². The van der Waals surface area contributed by atoms with E-state index in [0.29, 0.717) is 6.54 Å². The Balaban J connectivity index is 2.28. The predicted molar refractivity (Wildman–Crippen MR) is 84.6 cm³/mol. The van der Waals surface area contributed by atoms with Crippen molar-refractivity contribution in [1.82, 2.24) is 4.90 Å². The fourth-order valence-corrected chi connectivity index (χ4v) is 2.89. The molecule has 7 nitrogen and oxygen atoms in total. The SMILES string of the molecule is COc1ccc(N2CCN(C)C(C(C)(C)O)C2)cc1[N+](=O)[O-]. The van der Waals surface area contributed by atoms with E-state index in [1.807, 2.05) is 13.1 Å². The summed E-state index contributed by atoms with van der Waals surface area (Å²) in [4.78, 5) is 14.9. The number of benzene rings is 1. The van der Waals surface area contributed by atoms with Gasteiger partial charge in [-0.25, -0.2) is 0 Å². The summed E-state index contributed by atoms with van der Waals surface area (Å²) >= 11 is 0. The minimum atomic E-state index is -0.841. The van der Waals surface area contributed by atoms with Gasteiger partial charge in [-0.2, -0.15) is 0 Å². The molecule has 1 heterocycles. The number of hydrogen-bond acceptors (Lipinski definition) is 6. The van der Waals surface area contributed by atoms with E-state index in [4.69, 9.17) is 4.74 Å². The van der Waals surface area contributed by atoms with Crippen LogP contribution in [0.15, 0.2) is 18.2 Å². The van der Waals surface area contributed by atoms with E-state index in [9.17, 15) is 15.2 Å². The number of methoxy groups -OCH3 is 1. The summed E-state index contributed by atoms with van der Waals surface area (Å²) in [6, 6.07) is 4.93. The van der Waals surface area contributed by atoms with E-state index >= 15 is 0 Å². The van der Waals surface area contributed by atoms with Gasteiger partial charge >= 0.3 is 5.69 Å². The third-order valence-electron chi connectivity index (χ3n) is 4.19. The second kappa shape index (κ2) is 6.10. The summed E-state index contributed by atoms with van der Waals surface area (Å²) in [6.07, 6.45) is 0. The van der Waals surface area contributed by atoms with Crippen molar-refractivity contribution in [3.8, 4) is 5.75 Å². The van der Waals surface area contributed by atoms with Crippen molar-refractivity contribution in [3.05, 3.63) is 28.3 Å². The second-order valence-electron chi connectivity index (χ2n) is 6.21. The molecule has 1 aliphatic rings. The van der Waals surface area contributed by atoms with Gasteiger partial charge in [0, 0.05) is 31.4 Å². The van der Waals surface area contributed by atoms with Crippen molar-refractivity contribution in [1.29, 1.82) is 0 Å². The summed E-state index contributed by atoms with van der Waals surface area (Å²) in [5.41, 5.74) is -0.111. The third-order valence-corrected chi connectivity index (χ3v) is 4.19. The fraction of sp³-hybridized carbons (Fsp3) is 0.600. The average molecular weight is 309 g/mol. The molecule has 1 unspecified atom stereocenters. The number of piperazine rings is 1. The van der Waals surface area contributed by atoms with Crippen molar-refractivity contribution in [2.45, 2.75) is 25.5 Å². The molecule has 2 rings (SSSR count). The Hall–Kier alpha value is -1.86. The molecular formula is C15H23N3O4. The molecule has 1 atom stereocenters. The number of aliphatic hydroxyl groups is 1. The van der Waals surface area contributed by atoms with Crippen LogP contribution >= 0.6 is 0 Å². The molecule has 0 saturated carbocycles. The van der Waals surface area contributed by atoms with Gasteiger partial charge in [0.15, 0.2) is 5.75 Å². The van der Waals surface area contributed by atoms with Crippen LogP contribution in [0.4, 0.5) is 11.4 Å². The second-order valence-corrected chi connectivity index (χ2v) is 6.21. The van der Waals surface area contributed by atoms with E-state index in [-0.39, 0.29) is 17.5 Å². The molecule has 1 aliphatic heterocycles. The number of nitro benzene ring substituents is 1. The molecule has 1 fully saturated rings. The Kier molecular flexibility index (Phi) is 4.58. The quantitative estimate of drug-likeness (QED) is 0.670. The minimum absolute atomic E-state index is 0.0394. The van der Waals surface area contributed by atoms with Crippen LogP contribution in [0.25, 0.3) is 0 Å². The first-order chi connectivity index (χ1) is 10.2. The number of rotatable bonds is 4. The summed E-state index contributed by atoms with van der Waals surface area (Å²) in [6.45, 7) is 5.73. The number of ether oxygens (including phenoxy) is 1. The minimum Gasteiger partial charge on any atom is -0.490 e. The normalized spacial score (nSPS) is 20.0. The van der Waals surface area contributed by atoms with Gasteiger partial charge in [0.05, 0.1) is 23.7 Å². The van der Waals surface area contributed by atoms with Gasteiger partial charge in [-0.1, -0.05) is 0 Å². The number of anilines is 1. The first-order valence-electron chi connectivity index (χ1n) is 7.24. The van der Waals surface area contributed by atoms with Gasteiger partial charge in [-0.15, -0.1) is 0 Å². The van der Waals surface area contributed by atoms with Gasteiger partial charge in [0.1, 0.15) is 0 Å². The molecular weight excluding hydrogens is 286 g/mol. The van der Waals surface area contributed by atoms with Crippen molar-refractivity contribution < 1.29 is 14.8 Å². The lowest BCUT2D eigenvalue weighted by atomic mass is 9.95. The molecule has 0 aliphatic carbocycles. The Morgan fingerprint density at radius 3 is 2.64 bits per heavy atom. The molecule has 7 heteroatoms. The summed E-state index contributed by atoms with van der Waals surface area (Å²) in [7, 11) is 3.40. The maximum atomic E-state index is 11.2.